The van der Waals surface area contributed by atoms with Crippen LogP contribution in [0.5, 0.6) is 0 Å². The first-order chi connectivity index (χ1) is 65.5. The lowest BCUT2D eigenvalue weighted by Crippen LogP contribution is -2.66. The zero-order chi connectivity index (χ0) is 96.7. The average molecular weight is 1880 g/mol. The molecule has 0 saturated carbocycles. The molecule has 19 atom stereocenters. The summed E-state index contributed by atoms with van der Waals surface area (Å²) in [5, 5.41) is 24.2. The van der Waals surface area contributed by atoms with E-state index < -0.39 is 66.8 Å². The zero-order valence-corrected chi connectivity index (χ0v) is 87.5. The van der Waals surface area contributed by atoms with Crippen molar-refractivity contribution in [2.24, 2.45) is 76.4 Å². The lowest BCUT2D eigenvalue weighted by atomic mass is 9.90. The molecule has 2 aliphatic heterocycles. The first-order valence-corrected chi connectivity index (χ1v) is 54.1. The third kappa shape index (κ3) is 52.8. The van der Waals surface area contributed by atoms with Gasteiger partial charge in [0.1, 0.15) is 48.8 Å². The van der Waals surface area contributed by atoms with Crippen LogP contribution in [0.2, 0.25) is 0 Å². The third-order valence-corrected chi connectivity index (χ3v) is 28.1. The highest BCUT2D eigenvalue weighted by atomic mass is 16.8. The molecule has 0 aromatic heterocycles. The standard InChI is InChI=1S/C118H194O17/c1-91(2)40-31-43-94(7)46-34-49-97(10)52-37-55-100(13)68-71-123-87-118(88-124-72-69-101(14)56-38-53-98(11)50-35-47-95(8)44-32-41-92(3)4,89-125-73-70-102(15)57-39-54-99(12)51-36-48-96(9)45-33-42-93(5)6)90-126-77-76-121-74-75-122-78-79-129-116-115(132-84-107-66-29-20-30-67-107)114(131-83-106-64-27-19-28-65-106)112(109(134-116)86-128-81-104-60-23-17-24-61-104)135-117-113(130-82-105-62-25-18-26-63-105)111(120)110(119)108(133-117)85-127-80-103-58-21-16-22-59-103/h16-30,58-67,91-102,108-117,119-120H,31-57,68-90H2,1-15H3/t94?,95?,96?,97?,98?,99?,100?,101?,102?,108-,109-,110+,111+,112-,113-,114+,115-,116-,117+,118?/m1/s1. The van der Waals surface area contributed by atoms with Crippen molar-refractivity contribution in [3.8, 4) is 0 Å². The molecule has 2 fully saturated rings. The maximum absolute atomic E-state index is 12.3. The first-order valence-electron chi connectivity index (χ1n) is 54.1. The number of aliphatic hydroxyl groups excluding tert-OH is 2. The lowest BCUT2D eigenvalue weighted by Gasteiger charge is -2.49. The molecular formula is C118H194O17. The summed E-state index contributed by atoms with van der Waals surface area (Å²) >= 11 is 0. The molecule has 2 N–H and O–H groups in total. The molecule has 0 bridgehead atoms. The second-order valence-corrected chi connectivity index (χ2v) is 43.1. The van der Waals surface area contributed by atoms with E-state index in [1.54, 1.807) is 0 Å². The van der Waals surface area contributed by atoms with Crippen molar-refractivity contribution < 1.29 is 81.3 Å². The molecule has 0 aliphatic carbocycles. The molecular weight excluding hydrogens is 1690 g/mol. The molecule has 2 saturated heterocycles. The van der Waals surface area contributed by atoms with Crippen LogP contribution in [0.4, 0.5) is 0 Å². The van der Waals surface area contributed by atoms with E-state index in [0.29, 0.717) is 90.4 Å². The predicted octanol–water partition coefficient (Wildman–Crippen LogP) is 27.2. The van der Waals surface area contributed by atoms with Crippen molar-refractivity contribution in [2.45, 2.75) is 391 Å². The fourth-order valence-electron chi connectivity index (χ4n) is 18.9. The molecule has 5 aromatic carbocycles. The summed E-state index contributed by atoms with van der Waals surface area (Å²) in [4.78, 5) is 0. The quantitative estimate of drug-likeness (QED) is 0.0351. The van der Waals surface area contributed by atoms with Gasteiger partial charge in [-0.3, -0.25) is 0 Å². The van der Waals surface area contributed by atoms with E-state index in [1.807, 2.05) is 152 Å². The molecule has 768 valence electrons. The van der Waals surface area contributed by atoms with E-state index in [9.17, 15) is 10.2 Å². The van der Waals surface area contributed by atoms with E-state index in [1.165, 1.54) is 173 Å². The number of rotatable bonds is 82. The summed E-state index contributed by atoms with van der Waals surface area (Å²) in [6.45, 7) is 42.8. The van der Waals surface area contributed by atoms with E-state index in [0.717, 1.165) is 100 Å². The number of hydrogen-bond donors (Lipinski definition) is 2. The van der Waals surface area contributed by atoms with E-state index in [4.69, 9.17) is 71.1 Å². The minimum absolute atomic E-state index is 0.0221. The smallest absolute Gasteiger partial charge is 0.187 e. The Hall–Kier alpha value is -4.58. The molecule has 5 aromatic rings. The van der Waals surface area contributed by atoms with Gasteiger partial charge in [-0.05, 0) is 118 Å². The second kappa shape index (κ2) is 71.8. The second-order valence-electron chi connectivity index (χ2n) is 43.1. The summed E-state index contributed by atoms with van der Waals surface area (Å²) in [5.74, 6) is 8.90. The van der Waals surface area contributed by atoms with Gasteiger partial charge < -0.3 is 81.3 Å². The fourth-order valence-corrected chi connectivity index (χ4v) is 18.9. The number of benzene rings is 5. The lowest BCUT2D eigenvalue weighted by molar-refractivity contribution is -0.373. The summed E-state index contributed by atoms with van der Waals surface area (Å²) < 4.78 is 102. The highest BCUT2D eigenvalue weighted by Gasteiger charge is 2.54. The summed E-state index contributed by atoms with van der Waals surface area (Å²) in [6.07, 6.45) is 27.6. The molecule has 0 amide bonds. The molecule has 2 aliphatic rings. The minimum Gasteiger partial charge on any atom is -0.387 e. The van der Waals surface area contributed by atoms with E-state index >= 15 is 0 Å². The van der Waals surface area contributed by atoms with Gasteiger partial charge in [0.2, 0.25) is 0 Å². The van der Waals surface area contributed by atoms with Crippen molar-refractivity contribution in [1.29, 1.82) is 0 Å². The topological polar surface area (TPSA) is 179 Å². The summed E-state index contributed by atoms with van der Waals surface area (Å²) in [6, 6.07) is 49.3. The van der Waals surface area contributed by atoms with Gasteiger partial charge in [-0.15, -0.1) is 0 Å². The van der Waals surface area contributed by atoms with Gasteiger partial charge in [-0.2, -0.15) is 0 Å². The molecule has 135 heavy (non-hydrogen) atoms. The van der Waals surface area contributed by atoms with E-state index in [-0.39, 0.29) is 59.5 Å². The van der Waals surface area contributed by atoms with Crippen LogP contribution in [0.15, 0.2) is 152 Å². The SMILES string of the molecule is CC(C)CCCC(C)CCCC(C)CCCC(C)CCOCC(COCCOCCOCCO[C@@H]1O[C@H](COCc2ccccc2)[C@@H](O[C@@H]2O[C@H](COCc3ccccc3)[C@H](O)[C@H](O)[C@H]2OCc2ccccc2)[C@H](OCc2ccccc2)[C@H]1OCc1ccccc1)(COCCC(C)CCCC(C)CCCC(C)CCCC(C)C)COCCC(C)CCCC(C)CCCC(C)CCCC(C)C. The van der Waals surface area contributed by atoms with Gasteiger partial charge in [0.15, 0.2) is 12.6 Å². The fraction of sp³-hybridized carbons (Fsp3) is 0.746. The number of ether oxygens (including phenoxy) is 15. The van der Waals surface area contributed by atoms with Gasteiger partial charge in [-0.25, -0.2) is 0 Å². The van der Waals surface area contributed by atoms with Gasteiger partial charge in [0.25, 0.3) is 0 Å². The molecule has 17 heteroatoms. The van der Waals surface area contributed by atoms with Crippen LogP contribution in [0, 0.1) is 76.4 Å². The molecule has 7 rings (SSSR count). The van der Waals surface area contributed by atoms with Crippen molar-refractivity contribution in [1.82, 2.24) is 0 Å². The van der Waals surface area contributed by atoms with Gasteiger partial charge >= 0.3 is 0 Å². The van der Waals surface area contributed by atoms with Crippen molar-refractivity contribution in [3.05, 3.63) is 179 Å². The Balaban J connectivity index is 1.01. The van der Waals surface area contributed by atoms with Crippen molar-refractivity contribution in [2.75, 3.05) is 99.1 Å². The minimum atomic E-state index is -1.46. The van der Waals surface area contributed by atoms with Crippen LogP contribution in [0.25, 0.3) is 0 Å². The Morgan fingerprint density at radius 3 is 0.822 bits per heavy atom. The van der Waals surface area contributed by atoms with Crippen LogP contribution in [0.3, 0.4) is 0 Å². The maximum atomic E-state index is 12.3. The molecule has 0 radical (unpaired) electrons. The van der Waals surface area contributed by atoms with Crippen LogP contribution < -0.4 is 0 Å². The molecule has 17 nitrogen and oxygen atoms in total. The Bertz CT molecular complexity index is 3420. The highest BCUT2D eigenvalue weighted by Crippen LogP contribution is 2.37. The van der Waals surface area contributed by atoms with Crippen LogP contribution >= 0.6 is 0 Å². The van der Waals surface area contributed by atoms with Crippen molar-refractivity contribution in [3.63, 3.8) is 0 Å². The maximum Gasteiger partial charge on any atom is 0.187 e. The predicted molar refractivity (Wildman–Crippen MR) is 550 cm³/mol. The molecule has 0 spiro atoms. The number of aliphatic hydroxyl groups is 2. The largest absolute Gasteiger partial charge is 0.387 e. The van der Waals surface area contributed by atoms with Gasteiger partial charge in [0.05, 0.1) is 118 Å². The van der Waals surface area contributed by atoms with Crippen LogP contribution in [-0.2, 0) is 104 Å². The highest BCUT2D eigenvalue weighted by molar-refractivity contribution is 5.17. The summed E-state index contributed by atoms with van der Waals surface area (Å²) in [5.41, 5.74) is 4.09. The number of hydrogen-bond acceptors (Lipinski definition) is 17. The van der Waals surface area contributed by atoms with Gasteiger partial charge in [-0.1, -0.05) is 429 Å². The first kappa shape index (κ1) is 117. The van der Waals surface area contributed by atoms with Gasteiger partial charge in [0, 0.05) is 19.8 Å². The Morgan fingerprint density at radius 2 is 0.496 bits per heavy atom. The molecule has 9 unspecified atom stereocenters. The monoisotopic (exact) mass is 1880 g/mol. The average Bonchev–Trinajstić information content (AvgIpc) is 0.770. The molecule has 2 heterocycles. The Kier molecular flexibility index (Phi) is 62.4. The third-order valence-electron chi connectivity index (χ3n) is 28.1. The van der Waals surface area contributed by atoms with Crippen molar-refractivity contribution >= 4 is 0 Å². The van der Waals surface area contributed by atoms with Crippen LogP contribution in [0.1, 0.15) is 324 Å². The normalized spacial score (nSPS) is 21.4. The Morgan fingerprint density at radius 1 is 0.237 bits per heavy atom. The van der Waals surface area contributed by atoms with Crippen LogP contribution in [-0.4, -0.2) is 171 Å². The Labute approximate surface area is 822 Å². The summed E-state index contributed by atoms with van der Waals surface area (Å²) in [7, 11) is 0. The zero-order valence-electron chi connectivity index (χ0n) is 87.5. The van der Waals surface area contributed by atoms with E-state index in [2.05, 4.69) is 104 Å².